The minimum absolute atomic E-state index is 0.0830. The summed E-state index contributed by atoms with van der Waals surface area (Å²) >= 11 is 0. The summed E-state index contributed by atoms with van der Waals surface area (Å²) in [5.41, 5.74) is 0.0830. The SMILES string of the molecule is CCCCCC1C(CC(=O)OC)CCC12OCC(C)(C)CO2. The third-order valence-corrected chi connectivity index (χ3v) is 5.19. The van der Waals surface area contributed by atoms with Gasteiger partial charge in [-0.3, -0.25) is 4.79 Å². The average molecular weight is 312 g/mol. The third-order valence-electron chi connectivity index (χ3n) is 5.19. The van der Waals surface area contributed by atoms with Crippen molar-refractivity contribution < 1.29 is 19.0 Å². The van der Waals surface area contributed by atoms with Gasteiger partial charge in [-0.2, -0.15) is 0 Å². The van der Waals surface area contributed by atoms with E-state index in [-0.39, 0.29) is 11.4 Å². The second kappa shape index (κ2) is 7.31. The van der Waals surface area contributed by atoms with Crippen LogP contribution in [0.5, 0.6) is 0 Å². The molecule has 1 spiro atoms. The highest BCUT2D eigenvalue weighted by Gasteiger charge is 2.53. The van der Waals surface area contributed by atoms with E-state index in [0.29, 0.717) is 18.3 Å². The second-order valence-electron chi connectivity index (χ2n) is 7.73. The van der Waals surface area contributed by atoms with Crippen molar-refractivity contribution in [1.29, 1.82) is 0 Å². The number of carbonyl (C=O) groups is 1. The molecule has 128 valence electrons. The van der Waals surface area contributed by atoms with E-state index in [1.54, 1.807) is 0 Å². The summed E-state index contributed by atoms with van der Waals surface area (Å²) < 4.78 is 17.4. The van der Waals surface area contributed by atoms with E-state index < -0.39 is 5.79 Å². The number of hydrogen-bond acceptors (Lipinski definition) is 4. The van der Waals surface area contributed by atoms with Gasteiger partial charge in [-0.05, 0) is 18.8 Å². The zero-order valence-corrected chi connectivity index (χ0v) is 14.7. The Kier molecular flexibility index (Phi) is 5.89. The van der Waals surface area contributed by atoms with Crippen molar-refractivity contribution in [2.24, 2.45) is 17.3 Å². The highest BCUT2D eigenvalue weighted by atomic mass is 16.7. The Morgan fingerprint density at radius 2 is 1.91 bits per heavy atom. The summed E-state index contributed by atoms with van der Waals surface area (Å²) in [7, 11) is 1.47. The van der Waals surface area contributed by atoms with Crippen LogP contribution in [0, 0.1) is 17.3 Å². The number of rotatable bonds is 6. The molecule has 4 heteroatoms. The van der Waals surface area contributed by atoms with Crippen LogP contribution < -0.4 is 0 Å². The Bertz CT molecular complexity index is 367. The maximum atomic E-state index is 11.7. The van der Waals surface area contributed by atoms with Crippen LogP contribution in [0.3, 0.4) is 0 Å². The van der Waals surface area contributed by atoms with Gasteiger partial charge in [0.1, 0.15) is 0 Å². The van der Waals surface area contributed by atoms with Crippen LogP contribution in [-0.2, 0) is 19.0 Å². The highest BCUT2D eigenvalue weighted by Crippen LogP contribution is 2.50. The van der Waals surface area contributed by atoms with Crippen molar-refractivity contribution in [3.8, 4) is 0 Å². The van der Waals surface area contributed by atoms with Crippen LogP contribution in [0.2, 0.25) is 0 Å². The monoisotopic (exact) mass is 312 g/mol. The van der Waals surface area contributed by atoms with Gasteiger partial charge in [0.15, 0.2) is 5.79 Å². The summed E-state index contributed by atoms with van der Waals surface area (Å²) in [6.45, 7) is 8.04. The third kappa shape index (κ3) is 4.02. The molecule has 0 radical (unpaired) electrons. The Balaban J connectivity index is 2.06. The minimum Gasteiger partial charge on any atom is -0.469 e. The number of unbranched alkanes of at least 4 members (excludes halogenated alkanes) is 2. The fourth-order valence-electron chi connectivity index (χ4n) is 3.82. The van der Waals surface area contributed by atoms with Gasteiger partial charge in [0.05, 0.1) is 20.3 Å². The fraction of sp³-hybridized carbons (Fsp3) is 0.944. The van der Waals surface area contributed by atoms with Crippen molar-refractivity contribution in [3.63, 3.8) is 0 Å². The zero-order valence-electron chi connectivity index (χ0n) is 14.7. The van der Waals surface area contributed by atoms with E-state index >= 15 is 0 Å². The molecule has 0 N–H and O–H groups in total. The average Bonchev–Trinajstić information content (AvgIpc) is 2.81. The van der Waals surface area contributed by atoms with E-state index in [2.05, 4.69) is 20.8 Å². The van der Waals surface area contributed by atoms with Gasteiger partial charge in [-0.1, -0.05) is 40.0 Å². The lowest BCUT2D eigenvalue weighted by Gasteiger charge is -2.45. The maximum absolute atomic E-state index is 11.7. The number of hydrogen-bond donors (Lipinski definition) is 0. The van der Waals surface area contributed by atoms with Crippen LogP contribution >= 0.6 is 0 Å². The van der Waals surface area contributed by atoms with Gasteiger partial charge in [-0.25, -0.2) is 0 Å². The van der Waals surface area contributed by atoms with Crippen molar-refractivity contribution >= 4 is 5.97 Å². The first kappa shape index (κ1) is 17.7. The molecule has 2 atom stereocenters. The van der Waals surface area contributed by atoms with Crippen LogP contribution in [0.4, 0.5) is 0 Å². The van der Waals surface area contributed by atoms with E-state index in [4.69, 9.17) is 14.2 Å². The zero-order chi connectivity index (χ0) is 16.2. The topological polar surface area (TPSA) is 44.8 Å². The summed E-state index contributed by atoms with van der Waals surface area (Å²) in [5.74, 6) is 0.0699. The molecule has 1 saturated heterocycles. The van der Waals surface area contributed by atoms with E-state index in [0.717, 1.165) is 32.5 Å². The highest BCUT2D eigenvalue weighted by molar-refractivity contribution is 5.69. The number of esters is 1. The molecular formula is C18H32O4. The van der Waals surface area contributed by atoms with Crippen molar-refractivity contribution in [3.05, 3.63) is 0 Å². The first-order valence-corrected chi connectivity index (χ1v) is 8.77. The Morgan fingerprint density at radius 3 is 2.50 bits per heavy atom. The summed E-state index contributed by atoms with van der Waals surface area (Å²) in [5, 5.41) is 0. The molecular weight excluding hydrogens is 280 g/mol. The van der Waals surface area contributed by atoms with Crippen LogP contribution in [0.1, 0.15) is 65.7 Å². The van der Waals surface area contributed by atoms with E-state index in [1.165, 1.54) is 26.4 Å². The Labute approximate surface area is 134 Å². The van der Waals surface area contributed by atoms with Crippen LogP contribution in [-0.4, -0.2) is 32.1 Å². The lowest BCUT2D eigenvalue weighted by Crippen LogP contribution is -2.50. The predicted octanol–water partition coefficient (Wildman–Crippen LogP) is 3.93. The molecule has 0 aromatic carbocycles. The van der Waals surface area contributed by atoms with Crippen molar-refractivity contribution in [2.75, 3.05) is 20.3 Å². The summed E-state index contributed by atoms with van der Waals surface area (Å²) in [6, 6.07) is 0. The lowest BCUT2D eigenvalue weighted by molar-refractivity contribution is -0.317. The molecule has 0 bridgehead atoms. The smallest absolute Gasteiger partial charge is 0.305 e. The largest absolute Gasteiger partial charge is 0.469 e. The first-order chi connectivity index (χ1) is 10.4. The quantitative estimate of drug-likeness (QED) is 0.551. The predicted molar refractivity (Wildman–Crippen MR) is 85.4 cm³/mol. The molecule has 0 aromatic rings. The summed E-state index contributed by atoms with van der Waals surface area (Å²) in [4.78, 5) is 11.7. The van der Waals surface area contributed by atoms with Gasteiger partial charge in [0, 0.05) is 24.2 Å². The van der Waals surface area contributed by atoms with Gasteiger partial charge in [0.25, 0.3) is 0 Å². The molecule has 2 rings (SSSR count). The van der Waals surface area contributed by atoms with Gasteiger partial charge in [-0.15, -0.1) is 0 Å². The Morgan fingerprint density at radius 1 is 1.23 bits per heavy atom. The molecule has 0 aromatic heterocycles. The van der Waals surface area contributed by atoms with Crippen molar-refractivity contribution in [1.82, 2.24) is 0 Å². The van der Waals surface area contributed by atoms with Gasteiger partial charge in [0.2, 0.25) is 0 Å². The molecule has 4 nitrogen and oxygen atoms in total. The molecule has 1 aliphatic carbocycles. The standard InChI is InChI=1S/C18H32O4/c1-5-6-7-8-15-14(11-16(19)20-4)9-10-18(15)21-12-17(2,3)13-22-18/h14-15H,5-13H2,1-4H3. The number of ether oxygens (including phenoxy) is 3. The number of methoxy groups -OCH3 is 1. The first-order valence-electron chi connectivity index (χ1n) is 8.77. The van der Waals surface area contributed by atoms with Crippen LogP contribution in [0.15, 0.2) is 0 Å². The normalized spacial score (nSPS) is 29.6. The number of carbonyl (C=O) groups excluding carboxylic acids is 1. The molecule has 1 aliphatic heterocycles. The molecule has 0 amide bonds. The Hall–Kier alpha value is -0.610. The molecule has 2 unspecified atom stereocenters. The van der Waals surface area contributed by atoms with E-state index in [1.807, 2.05) is 0 Å². The molecule has 1 saturated carbocycles. The van der Waals surface area contributed by atoms with Crippen LogP contribution in [0.25, 0.3) is 0 Å². The summed E-state index contributed by atoms with van der Waals surface area (Å²) in [6.07, 6.45) is 7.07. The molecule has 2 fully saturated rings. The maximum Gasteiger partial charge on any atom is 0.305 e. The minimum atomic E-state index is -0.456. The fourth-order valence-corrected chi connectivity index (χ4v) is 3.82. The van der Waals surface area contributed by atoms with E-state index in [9.17, 15) is 4.79 Å². The lowest BCUT2D eigenvalue weighted by atomic mass is 9.84. The van der Waals surface area contributed by atoms with Gasteiger partial charge < -0.3 is 14.2 Å². The molecule has 22 heavy (non-hydrogen) atoms. The van der Waals surface area contributed by atoms with Crippen molar-refractivity contribution in [2.45, 2.75) is 71.5 Å². The molecule has 2 aliphatic rings. The molecule has 1 heterocycles. The van der Waals surface area contributed by atoms with Gasteiger partial charge >= 0.3 is 5.97 Å². The second-order valence-corrected chi connectivity index (χ2v) is 7.73.